The molecule has 0 amide bonds. The van der Waals surface area contributed by atoms with Gasteiger partial charge in [-0.25, -0.2) is 0 Å². The van der Waals surface area contributed by atoms with Crippen LogP contribution in [0.1, 0.15) is 156 Å². The Kier molecular flexibility index (Phi) is 14.8. The van der Waals surface area contributed by atoms with Crippen molar-refractivity contribution in [2.75, 3.05) is 0 Å². The van der Waals surface area contributed by atoms with Gasteiger partial charge in [0.1, 0.15) is 0 Å². The molecule has 54 heavy (non-hydrogen) atoms. The van der Waals surface area contributed by atoms with Crippen molar-refractivity contribution in [3.05, 3.63) is 164 Å². The molecule has 0 heterocycles. The van der Waals surface area contributed by atoms with Gasteiger partial charge in [0.2, 0.25) is 0 Å². The molecule has 0 nitrogen and oxygen atoms in total. The zero-order chi connectivity index (χ0) is 39.7. The summed E-state index contributed by atoms with van der Waals surface area (Å²) in [6.07, 6.45) is 38.2. The molecule has 4 aliphatic carbocycles. The van der Waals surface area contributed by atoms with Gasteiger partial charge in [-0.3, -0.25) is 0 Å². The van der Waals surface area contributed by atoms with Crippen molar-refractivity contribution in [1.29, 1.82) is 0 Å². The lowest BCUT2D eigenvalue weighted by Crippen LogP contribution is -2.27. The summed E-state index contributed by atoms with van der Waals surface area (Å²) in [5.41, 5.74) is 21.7. The van der Waals surface area contributed by atoms with Crippen LogP contribution in [0.25, 0.3) is 6.08 Å². The summed E-state index contributed by atoms with van der Waals surface area (Å²) in [7, 11) is 0. The average Bonchev–Trinajstić information content (AvgIpc) is 3.50. The van der Waals surface area contributed by atoms with E-state index in [1.807, 2.05) is 13.8 Å². The van der Waals surface area contributed by atoms with Gasteiger partial charge in [0.15, 0.2) is 0 Å². The number of aryl methyl sites for hydroxylation is 2. The second-order valence-electron chi connectivity index (χ2n) is 17.2. The van der Waals surface area contributed by atoms with Crippen molar-refractivity contribution in [3.63, 3.8) is 0 Å². The summed E-state index contributed by atoms with van der Waals surface area (Å²) in [6, 6.07) is 4.69. The highest BCUT2D eigenvalue weighted by Crippen LogP contribution is 2.50. The van der Waals surface area contributed by atoms with Crippen molar-refractivity contribution >= 4 is 6.08 Å². The zero-order valence-corrected chi connectivity index (χ0v) is 36.2. The smallest absolute Gasteiger partial charge is 0.0364 e. The Balaban J connectivity index is 0.00000319. The van der Waals surface area contributed by atoms with Gasteiger partial charge in [0.05, 0.1) is 0 Å². The van der Waals surface area contributed by atoms with Crippen LogP contribution in [0.5, 0.6) is 0 Å². The lowest BCUT2D eigenvalue weighted by Gasteiger charge is -2.39. The maximum Gasteiger partial charge on any atom is 0.0364 e. The standard InChI is InChI=1S/C52H66.C2H6/c1-12-45(51(9,10)48-38(4)26-28-43-22-17-18-24-46(43)48)33-32-42-31-30-41(40(42)6)29-27-39(5)50(7,8)49-44(23-16-14-13-15-21-37(2)3)34-36-52(11)35-20-19-25-47(49)52;1-2/h18-20,24-29,32-33,35-36H,2,5,12-17,21-23,30-31H2,1,3-4,6-11H3;1-2H3/b29-27+,42-32+,45-33-;. The van der Waals surface area contributed by atoms with Crippen LogP contribution in [-0.2, 0) is 11.8 Å². The summed E-state index contributed by atoms with van der Waals surface area (Å²) in [4.78, 5) is 0. The van der Waals surface area contributed by atoms with E-state index in [1.165, 1.54) is 92.5 Å². The van der Waals surface area contributed by atoms with E-state index in [1.54, 1.807) is 0 Å². The molecule has 0 bridgehead atoms. The molecular weight excluding hydrogens is 649 g/mol. The van der Waals surface area contributed by atoms with Gasteiger partial charge in [-0.05, 0) is 153 Å². The summed E-state index contributed by atoms with van der Waals surface area (Å²) >= 11 is 0. The van der Waals surface area contributed by atoms with Crippen LogP contribution in [0, 0.1) is 17.8 Å². The molecule has 1 atom stereocenters. The Morgan fingerprint density at radius 1 is 0.926 bits per heavy atom. The summed E-state index contributed by atoms with van der Waals surface area (Å²) in [5, 5.41) is 0. The highest BCUT2D eigenvalue weighted by atomic mass is 14.4. The van der Waals surface area contributed by atoms with Gasteiger partial charge >= 0.3 is 0 Å². The minimum Gasteiger partial charge on any atom is -0.120 e. The first-order valence-electron chi connectivity index (χ1n) is 21.2. The molecule has 0 saturated carbocycles. The van der Waals surface area contributed by atoms with E-state index in [-0.39, 0.29) is 16.2 Å². The predicted molar refractivity (Wildman–Crippen MR) is 241 cm³/mol. The maximum absolute atomic E-state index is 4.73. The van der Waals surface area contributed by atoms with E-state index in [0.29, 0.717) is 0 Å². The van der Waals surface area contributed by atoms with Gasteiger partial charge < -0.3 is 0 Å². The molecule has 0 N–H and O–H groups in total. The van der Waals surface area contributed by atoms with Crippen molar-refractivity contribution in [3.8, 4) is 0 Å². The molecule has 0 saturated heterocycles. The molecule has 0 aromatic heterocycles. The third-order valence-electron chi connectivity index (χ3n) is 12.5. The lowest BCUT2D eigenvalue weighted by molar-refractivity contribution is 0.520. The number of benzene rings is 1. The van der Waals surface area contributed by atoms with Gasteiger partial charge in [-0.1, -0.05) is 152 Å². The topological polar surface area (TPSA) is 0 Å². The van der Waals surface area contributed by atoms with E-state index in [0.717, 1.165) is 50.5 Å². The van der Waals surface area contributed by atoms with Crippen molar-refractivity contribution in [1.82, 2.24) is 0 Å². The second kappa shape index (κ2) is 18.7. The maximum atomic E-state index is 4.73. The zero-order valence-electron chi connectivity index (χ0n) is 36.2. The highest BCUT2D eigenvalue weighted by molar-refractivity contribution is 5.65. The van der Waals surface area contributed by atoms with Crippen molar-refractivity contribution in [2.24, 2.45) is 10.8 Å². The summed E-state index contributed by atoms with van der Waals surface area (Å²) < 4.78 is 0. The van der Waals surface area contributed by atoms with E-state index < -0.39 is 0 Å². The first-order chi connectivity index (χ1) is 25.7. The van der Waals surface area contributed by atoms with Gasteiger partial charge in [-0.15, -0.1) is 12.3 Å². The molecule has 1 aromatic rings. The molecule has 1 unspecified atom stereocenters. The average molecular weight is 721 g/mol. The molecule has 0 aliphatic heterocycles. The molecule has 0 radical (unpaired) electrons. The number of fused-ring (bicyclic) bond motifs is 2. The van der Waals surface area contributed by atoms with Crippen LogP contribution in [0.3, 0.4) is 0 Å². The molecule has 0 spiro atoms. The van der Waals surface area contributed by atoms with Crippen LogP contribution < -0.4 is 0 Å². The molecule has 0 heteroatoms. The Labute approximate surface area is 332 Å². The Hall–Kier alpha value is -3.86. The molecule has 5 rings (SSSR count). The summed E-state index contributed by atoms with van der Waals surface area (Å²) in [6.45, 7) is 33.8. The van der Waals surface area contributed by atoms with Crippen LogP contribution in [-0.4, -0.2) is 0 Å². The van der Waals surface area contributed by atoms with E-state index in [2.05, 4.69) is 154 Å². The Bertz CT molecular complexity index is 1900. The first-order valence-corrected chi connectivity index (χ1v) is 21.2. The molecular formula is C54H72. The highest BCUT2D eigenvalue weighted by Gasteiger charge is 2.38. The first kappa shape index (κ1) is 42.9. The minimum absolute atomic E-state index is 0.0352. The normalized spacial score (nSPS) is 20.4. The second-order valence-corrected chi connectivity index (χ2v) is 17.2. The fraction of sp³-hybridized carbons (Fsp3) is 0.463. The largest absolute Gasteiger partial charge is 0.120 e. The SMILES string of the molecule is C=C(C)CCCCCCC1=C=CC2(C)C=CC=CC2=C1C(C)(C)C(=C)/C=C/C1=C(C)C(=C/C=C(/CC)C(C)(C)c2c(C)ccc3c2C=CCC3)/CC1.CC. The monoisotopic (exact) mass is 721 g/mol. The number of hydrogen-bond acceptors (Lipinski definition) is 0. The molecule has 4 aliphatic rings. The van der Waals surface area contributed by atoms with Gasteiger partial charge in [0, 0.05) is 16.2 Å². The number of allylic oxidation sites excluding steroid dienone is 18. The number of rotatable bonds is 15. The Morgan fingerprint density at radius 2 is 1.67 bits per heavy atom. The number of hydrogen-bond donors (Lipinski definition) is 0. The fourth-order valence-electron chi connectivity index (χ4n) is 9.04. The van der Waals surface area contributed by atoms with Crippen LogP contribution in [0.15, 0.2) is 142 Å². The van der Waals surface area contributed by atoms with Gasteiger partial charge in [-0.2, -0.15) is 0 Å². The minimum atomic E-state index is -0.223. The molecule has 288 valence electrons. The number of unbranched alkanes of at least 4 members (excludes halogenated alkanes) is 3. The molecule has 1 aromatic carbocycles. The fourth-order valence-corrected chi connectivity index (χ4v) is 9.04. The van der Waals surface area contributed by atoms with Crippen LogP contribution in [0.4, 0.5) is 0 Å². The Morgan fingerprint density at radius 3 is 2.39 bits per heavy atom. The third kappa shape index (κ3) is 9.50. The lowest BCUT2D eigenvalue weighted by atomic mass is 9.64. The van der Waals surface area contributed by atoms with E-state index >= 15 is 0 Å². The predicted octanol–water partition coefficient (Wildman–Crippen LogP) is 16.2. The summed E-state index contributed by atoms with van der Waals surface area (Å²) in [5.74, 6) is 0. The third-order valence-corrected chi connectivity index (χ3v) is 12.5. The van der Waals surface area contributed by atoms with Crippen LogP contribution >= 0.6 is 0 Å². The van der Waals surface area contributed by atoms with Gasteiger partial charge in [0.25, 0.3) is 0 Å². The van der Waals surface area contributed by atoms with Crippen molar-refractivity contribution < 1.29 is 0 Å². The van der Waals surface area contributed by atoms with E-state index in [4.69, 9.17) is 6.58 Å². The molecule has 0 fully saturated rings. The van der Waals surface area contributed by atoms with Crippen molar-refractivity contribution in [2.45, 2.75) is 152 Å². The quantitative estimate of drug-likeness (QED) is 0.0732. The van der Waals surface area contributed by atoms with Crippen LogP contribution in [0.2, 0.25) is 0 Å². The van der Waals surface area contributed by atoms with E-state index in [9.17, 15) is 0 Å².